The van der Waals surface area contributed by atoms with Crippen molar-refractivity contribution in [3.05, 3.63) is 17.0 Å². The number of hydrogen-bond acceptors (Lipinski definition) is 6. The minimum atomic E-state index is -0.680. The number of ether oxygens (including phenoxy) is 2. The number of nitrogens with two attached hydrogens (primary N) is 1. The molecule has 18 heavy (non-hydrogen) atoms. The zero-order valence-electron chi connectivity index (χ0n) is 10.7. The predicted molar refractivity (Wildman–Crippen MR) is 68.6 cm³/mol. The van der Waals surface area contributed by atoms with E-state index in [-0.39, 0.29) is 0 Å². The molecule has 0 atom stereocenters. The Labute approximate surface area is 109 Å². The fraction of sp³-hybridized carbons (Fsp3) is 0.455. The van der Waals surface area contributed by atoms with Crippen LogP contribution in [-0.2, 0) is 9.47 Å². The summed E-state index contributed by atoms with van der Waals surface area (Å²) in [6.45, 7) is 5.23. The molecule has 0 saturated heterocycles. The van der Waals surface area contributed by atoms with Gasteiger partial charge in [0.1, 0.15) is 15.5 Å². The minimum Gasteiger partial charge on any atom is -0.465 e. The predicted octanol–water partition coefficient (Wildman–Crippen LogP) is 2.15. The van der Waals surface area contributed by atoms with E-state index in [1.54, 1.807) is 26.8 Å². The third-order valence-electron chi connectivity index (χ3n) is 1.81. The molecule has 0 radical (unpaired) electrons. The quantitative estimate of drug-likeness (QED) is 0.386. The van der Waals surface area contributed by atoms with Crippen LogP contribution in [0.5, 0.6) is 0 Å². The van der Waals surface area contributed by atoms with Crippen LogP contribution < -0.4 is 10.9 Å². The lowest BCUT2D eigenvalue weighted by Crippen LogP contribution is -2.41. The van der Waals surface area contributed by atoms with Crippen molar-refractivity contribution in [3.63, 3.8) is 0 Å². The Kier molecular flexibility index (Phi) is 4.31. The van der Waals surface area contributed by atoms with Crippen LogP contribution in [0, 0.1) is 0 Å². The molecule has 0 saturated carbocycles. The molecule has 0 spiro atoms. The topological polar surface area (TPSA) is 81.9 Å². The van der Waals surface area contributed by atoms with Gasteiger partial charge in [0.05, 0.1) is 7.11 Å². The van der Waals surface area contributed by atoms with Crippen LogP contribution in [-0.4, -0.2) is 24.8 Å². The average Bonchev–Trinajstić information content (AvgIpc) is 2.73. The summed E-state index contributed by atoms with van der Waals surface area (Å²) in [6, 6.07) is 3.09. The molecule has 0 unspecified atom stereocenters. The van der Waals surface area contributed by atoms with E-state index < -0.39 is 17.7 Å². The Bertz CT molecular complexity index is 450. The second kappa shape index (κ2) is 5.36. The van der Waals surface area contributed by atoms with Crippen molar-refractivity contribution in [2.45, 2.75) is 26.4 Å². The van der Waals surface area contributed by atoms with Gasteiger partial charge in [-0.1, -0.05) is 0 Å². The molecular formula is C11H16N2O4S. The summed E-state index contributed by atoms with van der Waals surface area (Å²) in [7, 11) is 1.29. The van der Waals surface area contributed by atoms with E-state index in [2.05, 4.69) is 4.74 Å². The smallest absolute Gasteiger partial charge is 0.430 e. The van der Waals surface area contributed by atoms with E-state index in [1.165, 1.54) is 13.2 Å². The maximum absolute atomic E-state index is 11.7. The molecule has 1 rings (SSSR count). The lowest BCUT2D eigenvalue weighted by atomic mass is 10.2. The van der Waals surface area contributed by atoms with Crippen molar-refractivity contribution in [1.82, 2.24) is 0 Å². The Hall–Kier alpha value is -1.60. The molecule has 6 nitrogen and oxygen atoms in total. The van der Waals surface area contributed by atoms with Crippen molar-refractivity contribution in [1.29, 1.82) is 0 Å². The van der Waals surface area contributed by atoms with Crippen molar-refractivity contribution >= 4 is 28.4 Å². The van der Waals surface area contributed by atoms with Gasteiger partial charge in [-0.3, -0.25) is 0 Å². The fourth-order valence-electron chi connectivity index (χ4n) is 1.07. The van der Waals surface area contributed by atoms with Crippen LogP contribution in [0.2, 0.25) is 0 Å². The van der Waals surface area contributed by atoms with E-state index in [0.717, 1.165) is 16.3 Å². The largest absolute Gasteiger partial charge is 0.465 e. The summed E-state index contributed by atoms with van der Waals surface area (Å²) >= 11 is 1.05. The van der Waals surface area contributed by atoms with Gasteiger partial charge in [-0.25, -0.2) is 20.4 Å². The number of nitrogens with zero attached hydrogens (tertiary/aromatic N) is 1. The number of thiophene rings is 1. The molecule has 1 amide bonds. The molecule has 0 aliphatic carbocycles. The van der Waals surface area contributed by atoms with Crippen LogP contribution in [0.25, 0.3) is 0 Å². The second-order valence-corrected chi connectivity index (χ2v) is 5.54. The van der Waals surface area contributed by atoms with Crippen LogP contribution in [0.15, 0.2) is 12.1 Å². The van der Waals surface area contributed by atoms with Crippen molar-refractivity contribution in [2.75, 3.05) is 12.1 Å². The first-order valence-electron chi connectivity index (χ1n) is 5.20. The molecule has 0 aliphatic rings. The first-order valence-corrected chi connectivity index (χ1v) is 6.02. The molecule has 1 aromatic rings. The number of esters is 1. The van der Waals surface area contributed by atoms with Crippen molar-refractivity contribution in [3.8, 4) is 0 Å². The normalized spacial score (nSPS) is 10.9. The van der Waals surface area contributed by atoms with Gasteiger partial charge in [0.2, 0.25) is 0 Å². The highest BCUT2D eigenvalue weighted by molar-refractivity contribution is 7.18. The monoisotopic (exact) mass is 272 g/mol. The van der Waals surface area contributed by atoms with Gasteiger partial charge in [-0.2, -0.15) is 0 Å². The fourth-order valence-corrected chi connectivity index (χ4v) is 1.91. The first kappa shape index (κ1) is 14.5. The number of carbonyl (C=O) groups is 2. The SMILES string of the molecule is COC(=O)c1ccc(N(N)C(=O)OC(C)(C)C)s1. The zero-order valence-corrected chi connectivity index (χ0v) is 11.5. The Morgan fingerprint density at radius 2 is 1.94 bits per heavy atom. The lowest BCUT2D eigenvalue weighted by molar-refractivity contribution is 0.0577. The molecule has 0 fully saturated rings. The van der Waals surface area contributed by atoms with Crippen LogP contribution >= 0.6 is 11.3 Å². The van der Waals surface area contributed by atoms with Crippen molar-refractivity contribution < 1.29 is 19.1 Å². The molecule has 0 aliphatic heterocycles. The summed E-state index contributed by atoms with van der Waals surface area (Å²) in [6.07, 6.45) is -0.680. The van der Waals surface area contributed by atoms with E-state index >= 15 is 0 Å². The van der Waals surface area contributed by atoms with Gasteiger partial charge in [0.25, 0.3) is 0 Å². The van der Waals surface area contributed by atoms with Gasteiger partial charge in [-0.15, -0.1) is 11.3 Å². The molecule has 7 heteroatoms. The van der Waals surface area contributed by atoms with E-state index in [1.807, 2.05) is 0 Å². The zero-order chi connectivity index (χ0) is 13.9. The standard InChI is InChI=1S/C11H16N2O4S/c1-11(2,3)17-10(15)13(12)8-6-5-7(18-8)9(14)16-4/h5-6H,12H2,1-4H3. The summed E-state index contributed by atoms with van der Waals surface area (Å²) in [4.78, 5) is 23.3. The number of anilines is 1. The molecule has 0 aromatic carbocycles. The van der Waals surface area contributed by atoms with Gasteiger partial charge < -0.3 is 9.47 Å². The molecule has 1 aromatic heterocycles. The highest BCUT2D eigenvalue weighted by Crippen LogP contribution is 2.25. The van der Waals surface area contributed by atoms with Crippen LogP contribution in [0.4, 0.5) is 9.80 Å². The van der Waals surface area contributed by atoms with Gasteiger partial charge >= 0.3 is 12.1 Å². The van der Waals surface area contributed by atoms with E-state index in [4.69, 9.17) is 10.6 Å². The molecule has 1 heterocycles. The summed E-state index contributed by atoms with van der Waals surface area (Å²) in [5.74, 6) is 5.15. The molecule has 100 valence electrons. The number of carbonyl (C=O) groups excluding carboxylic acids is 2. The molecule has 2 N–H and O–H groups in total. The maximum Gasteiger partial charge on any atom is 0.430 e. The molecule has 0 bridgehead atoms. The third-order valence-corrected chi connectivity index (χ3v) is 2.87. The number of methoxy groups -OCH3 is 1. The Morgan fingerprint density at radius 3 is 2.44 bits per heavy atom. The Balaban J connectivity index is 2.78. The van der Waals surface area contributed by atoms with E-state index in [0.29, 0.717) is 9.88 Å². The maximum atomic E-state index is 11.7. The number of amides is 1. The second-order valence-electron chi connectivity index (χ2n) is 4.48. The average molecular weight is 272 g/mol. The third kappa shape index (κ3) is 3.71. The lowest BCUT2D eigenvalue weighted by Gasteiger charge is -2.23. The highest BCUT2D eigenvalue weighted by atomic mass is 32.1. The number of hydrogen-bond donors (Lipinski definition) is 1. The summed E-state index contributed by atoms with van der Waals surface area (Å²) in [5, 5.41) is 1.27. The van der Waals surface area contributed by atoms with Crippen LogP contribution in [0.3, 0.4) is 0 Å². The van der Waals surface area contributed by atoms with E-state index in [9.17, 15) is 9.59 Å². The number of hydrazine groups is 1. The van der Waals surface area contributed by atoms with Crippen molar-refractivity contribution in [2.24, 2.45) is 5.84 Å². The van der Waals surface area contributed by atoms with Crippen LogP contribution in [0.1, 0.15) is 30.4 Å². The highest BCUT2D eigenvalue weighted by Gasteiger charge is 2.23. The van der Waals surface area contributed by atoms with Gasteiger partial charge in [0, 0.05) is 0 Å². The minimum absolute atomic E-state index is 0.367. The molecular weight excluding hydrogens is 256 g/mol. The number of rotatable bonds is 2. The van der Waals surface area contributed by atoms with Gasteiger partial charge in [0.15, 0.2) is 0 Å². The Morgan fingerprint density at radius 1 is 1.33 bits per heavy atom. The first-order chi connectivity index (χ1) is 8.24. The summed E-state index contributed by atoms with van der Waals surface area (Å²) < 4.78 is 9.67. The van der Waals surface area contributed by atoms with Gasteiger partial charge in [-0.05, 0) is 32.9 Å². The summed E-state index contributed by atoms with van der Waals surface area (Å²) in [5.41, 5.74) is -0.628.